The van der Waals surface area contributed by atoms with E-state index in [1.807, 2.05) is 0 Å². The topological polar surface area (TPSA) is 89.6 Å². The Balaban J connectivity index is 2.56. The maximum atomic E-state index is 11.1. The minimum absolute atomic E-state index is 0.108. The molecule has 0 unspecified atom stereocenters. The largest absolute Gasteiger partial charge is 0.369 e. The molecule has 2 rings (SSSR count). The average Bonchev–Trinajstić information content (AvgIpc) is 2.50. The maximum absolute atomic E-state index is 11.1. The molecule has 6 nitrogen and oxygen atoms in total. The first-order valence-electron chi connectivity index (χ1n) is 4.01. The molecule has 2 heterocycles. The highest BCUT2D eigenvalue weighted by molar-refractivity contribution is 5.57. The summed E-state index contributed by atoms with van der Waals surface area (Å²) in [7, 11) is 1.79. The summed E-state index contributed by atoms with van der Waals surface area (Å²) in [5, 5.41) is 3.98. The molecule has 0 radical (unpaired) electrons. The third kappa shape index (κ3) is 1.49. The van der Waals surface area contributed by atoms with E-state index in [0.29, 0.717) is 5.69 Å². The highest BCUT2D eigenvalue weighted by Gasteiger charge is 2.03. The Bertz CT molecular complexity index is 512. The summed E-state index contributed by atoms with van der Waals surface area (Å²) in [5.41, 5.74) is 6.44. The molecule has 0 aliphatic carbocycles. The number of aromatic nitrogens is 4. The van der Waals surface area contributed by atoms with Crippen LogP contribution in [-0.4, -0.2) is 19.7 Å². The lowest BCUT2D eigenvalue weighted by molar-refractivity contribution is 0.768. The van der Waals surface area contributed by atoms with Crippen molar-refractivity contribution in [2.75, 3.05) is 5.73 Å². The zero-order valence-electron chi connectivity index (χ0n) is 7.56. The number of anilines is 1. The Kier molecular flexibility index (Phi) is 1.81. The number of rotatable bonds is 1. The second-order valence-corrected chi connectivity index (χ2v) is 2.92. The average molecular weight is 191 g/mol. The van der Waals surface area contributed by atoms with E-state index < -0.39 is 0 Å². The molecule has 2 aromatic rings. The minimum atomic E-state index is -0.267. The molecule has 0 saturated heterocycles. The molecule has 0 saturated carbocycles. The molecule has 6 heteroatoms. The molecule has 0 aliphatic rings. The molecule has 0 amide bonds. The molecule has 14 heavy (non-hydrogen) atoms. The Morgan fingerprint density at radius 1 is 1.57 bits per heavy atom. The fourth-order valence-electron chi connectivity index (χ4n) is 1.18. The van der Waals surface area contributed by atoms with Gasteiger partial charge in [-0.3, -0.25) is 14.5 Å². The standard InChI is InChI=1S/C8H9N5O/c1-13-4-5(3-10-13)6-2-7(14)12-8(9)11-6/h2-4H,1H3,(H3,9,11,12,14). The van der Waals surface area contributed by atoms with Crippen LogP contribution in [0.2, 0.25) is 0 Å². The van der Waals surface area contributed by atoms with Crippen molar-refractivity contribution in [3.63, 3.8) is 0 Å². The van der Waals surface area contributed by atoms with Crippen LogP contribution in [0, 0.1) is 0 Å². The molecule has 72 valence electrons. The predicted octanol–water partition coefficient (Wildman–Crippen LogP) is -0.247. The maximum Gasteiger partial charge on any atom is 0.252 e. The van der Waals surface area contributed by atoms with Crippen LogP contribution >= 0.6 is 0 Å². The summed E-state index contributed by atoms with van der Waals surface area (Å²) in [6.07, 6.45) is 3.39. The van der Waals surface area contributed by atoms with Crippen LogP contribution in [-0.2, 0) is 7.05 Å². The van der Waals surface area contributed by atoms with E-state index >= 15 is 0 Å². The van der Waals surface area contributed by atoms with Crippen LogP contribution in [0.5, 0.6) is 0 Å². The van der Waals surface area contributed by atoms with Gasteiger partial charge in [0.2, 0.25) is 5.95 Å². The number of hydrogen-bond donors (Lipinski definition) is 2. The first-order valence-corrected chi connectivity index (χ1v) is 4.01. The number of nitrogens with two attached hydrogens (primary N) is 1. The Labute approximate surface area is 79.4 Å². The van der Waals surface area contributed by atoms with Gasteiger partial charge in [0, 0.05) is 24.9 Å². The van der Waals surface area contributed by atoms with Gasteiger partial charge < -0.3 is 5.73 Å². The summed E-state index contributed by atoms with van der Waals surface area (Å²) in [6, 6.07) is 1.38. The lowest BCUT2D eigenvalue weighted by atomic mass is 10.2. The van der Waals surface area contributed by atoms with Crippen molar-refractivity contribution >= 4 is 5.95 Å². The summed E-state index contributed by atoms with van der Waals surface area (Å²) >= 11 is 0. The van der Waals surface area contributed by atoms with Crippen molar-refractivity contribution in [2.45, 2.75) is 0 Å². The molecule has 0 spiro atoms. The van der Waals surface area contributed by atoms with Gasteiger partial charge in [0.1, 0.15) is 0 Å². The number of nitrogen functional groups attached to an aromatic ring is 1. The van der Waals surface area contributed by atoms with E-state index in [1.165, 1.54) is 6.07 Å². The van der Waals surface area contributed by atoms with Gasteiger partial charge in [0.15, 0.2) is 0 Å². The first-order chi connectivity index (χ1) is 6.65. The van der Waals surface area contributed by atoms with E-state index in [1.54, 1.807) is 24.1 Å². The van der Waals surface area contributed by atoms with Crippen LogP contribution in [0.3, 0.4) is 0 Å². The molecular formula is C8H9N5O. The number of nitrogens with zero attached hydrogens (tertiary/aromatic N) is 3. The van der Waals surface area contributed by atoms with Crippen LogP contribution in [0.4, 0.5) is 5.95 Å². The van der Waals surface area contributed by atoms with Crippen LogP contribution < -0.4 is 11.3 Å². The number of aromatic amines is 1. The van der Waals surface area contributed by atoms with Gasteiger partial charge >= 0.3 is 0 Å². The number of nitrogens with one attached hydrogen (secondary N) is 1. The summed E-state index contributed by atoms with van der Waals surface area (Å²) < 4.78 is 1.63. The smallest absolute Gasteiger partial charge is 0.252 e. The first kappa shape index (κ1) is 8.49. The number of aryl methyl sites for hydroxylation is 1. The van der Waals surface area contributed by atoms with Gasteiger partial charge in [0.05, 0.1) is 11.9 Å². The molecule has 0 atom stereocenters. The van der Waals surface area contributed by atoms with Gasteiger partial charge in [-0.25, -0.2) is 4.98 Å². The molecule has 0 aromatic carbocycles. The summed E-state index contributed by atoms with van der Waals surface area (Å²) in [6.45, 7) is 0. The number of hydrogen-bond acceptors (Lipinski definition) is 4. The van der Waals surface area contributed by atoms with Crippen molar-refractivity contribution in [3.05, 3.63) is 28.8 Å². The zero-order valence-corrected chi connectivity index (χ0v) is 7.56. The fourth-order valence-corrected chi connectivity index (χ4v) is 1.18. The summed E-state index contributed by atoms with van der Waals surface area (Å²) in [5.74, 6) is 0.108. The van der Waals surface area contributed by atoms with E-state index in [2.05, 4.69) is 15.1 Å². The molecule has 2 aromatic heterocycles. The molecule has 3 N–H and O–H groups in total. The number of H-pyrrole nitrogens is 1. The van der Waals surface area contributed by atoms with Crippen LogP contribution in [0.1, 0.15) is 0 Å². The van der Waals surface area contributed by atoms with Gasteiger partial charge in [-0.15, -0.1) is 0 Å². The second-order valence-electron chi connectivity index (χ2n) is 2.92. The van der Waals surface area contributed by atoms with Gasteiger partial charge in [-0.05, 0) is 0 Å². The lowest BCUT2D eigenvalue weighted by Gasteiger charge is -1.96. The minimum Gasteiger partial charge on any atom is -0.369 e. The molecule has 0 fully saturated rings. The van der Waals surface area contributed by atoms with E-state index in [4.69, 9.17) is 5.73 Å². The van der Waals surface area contributed by atoms with Crippen LogP contribution in [0.25, 0.3) is 11.3 Å². The third-order valence-electron chi connectivity index (χ3n) is 1.76. The predicted molar refractivity (Wildman–Crippen MR) is 51.5 cm³/mol. The van der Waals surface area contributed by atoms with Crippen LogP contribution in [0.15, 0.2) is 23.3 Å². The van der Waals surface area contributed by atoms with Crippen molar-refractivity contribution in [1.82, 2.24) is 19.7 Å². The molecule has 0 aliphatic heterocycles. The second kappa shape index (κ2) is 2.99. The Morgan fingerprint density at radius 3 is 2.93 bits per heavy atom. The Morgan fingerprint density at radius 2 is 2.36 bits per heavy atom. The molecule has 0 bridgehead atoms. The van der Waals surface area contributed by atoms with E-state index in [9.17, 15) is 4.79 Å². The Hall–Kier alpha value is -2.11. The third-order valence-corrected chi connectivity index (χ3v) is 1.76. The highest BCUT2D eigenvalue weighted by Crippen LogP contribution is 2.13. The normalized spacial score (nSPS) is 10.4. The van der Waals surface area contributed by atoms with Crippen molar-refractivity contribution in [2.24, 2.45) is 7.05 Å². The van der Waals surface area contributed by atoms with Gasteiger partial charge in [-0.1, -0.05) is 0 Å². The highest BCUT2D eigenvalue weighted by atomic mass is 16.1. The van der Waals surface area contributed by atoms with E-state index in [0.717, 1.165) is 5.56 Å². The zero-order chi connectivity index (χ0) is 10.1. The fraction of sp³-hybridized carbons (Fsp3) is 0.125. The monoisotopic (exact) mass is 191 g/mol. The van der Waals surface area contributed by atoms with Gasteiger partial charge in [-0.2, -0.15) is 5.10 Å². The lowest BCUT2D eigenvalue weighted by Crippen LogP contribution is -2.10. The molecular weight excluding hydrogens is 182 g/mol. The summed E-state index contributed by atoms with van der Waals surface area (Å²) in [4.78, 5) is 17.4. The van der Waals surface area contributed by atoms with Crippen molar-refractivity contribution < 1.29 is 0 Å². The van der Waals surface area contributed by atoms with Gasteiger partial charge in [0.25, 0.3) is 5.56 Å². The van der Waals surface area contributed by atoms with Crippen molar-refractivity contribution in [3.8, 4) is 11.3 Å². The van der Waals surface area contributed by atoms with Crippen molar-refractivity contribution in [1.29, 1.82) is 0 Å². The van der Waals surface area contributed by atoms with E-state index in [-0.39, 0.29) is 11.5 Å². The SMILES string of the molecule is Cn1cc(-c2cc(=O)[nH]c(N)n2)cn1. The quantitative estimate of drug-likeness (QED) is 0.650.